The third-order valence-electron chi connectivity index (χ3n) is 3.26. The fraction of sp³-hybridized carbons (Fsp3) is 0.0588. The Kier molecular flexibility index (Phi) is 3.17. The Balaban J connectivity index is 2.11. The smallest absolute Gasteiger partial charge is 0.213 e. The second-order valence-corrected chi connectivity index (χ2v) is 4.63. The number of H-pyrrole nitrogens is 1. The van der Waals surface area contributed by atoms with Gasteiger partial charge in [0.05, 0.1) is 0 Å². The van der Waals surface area contributed by atoms with Crippen molar-refractivity contribution in [3.8, 4) is 11.1 Å². The summed E-state index contributed by atoms with van der Waals surface area (Å²) in [6, 6.07) is 19.1. The van der Waals surface area contributed by atoms with Crippen LogP contribution in [0, 0.1) is 6.92 Å². The first-order valence-electron chi connectivity index (χ1n) is 6.47. The molecule has 1 N–H and O–H groups in total. The first kappa shape index (κ1) is 12.4. The number of nitrogens with one attached hydrogen (secondary N) is 1. The minimum absolute atomic E-state index is 0.0613. The molecular weight excluding hydrogens is 248 g/mol. The van der Waals surface area contributed by atoms with Crippen molar-refractivity contribution in [1.82, 2.24) is 10.2 Å². The van der Waals surface area contributed by atoms with Gasteiger partial charge in [-0.15, -0.1) is 0 Å². The predicted molar refractivity (Wildman–Crippen MR) is 78.6 cm³/mol. The van der Waals surface area contributed by atoms with Crippen molar-refractivity contribution in [2.75, 3.05) is 0 Å². The molecule has 2 aromatic carbocycles. The predicted octanol–water partition coefficient (Wildman–Crippen LogP) is 3.62. The van der Waals surface area contributed by atoms with Crippen LogP contribution in [0.4, 0.5) is 0 Å². The number of aromatic amines is 1. The number of rotatable bonds is 3. The van der Waals surface area contributed by atoms with Gasteiger partial charge in [0, 0.05) is 16.8 Å². The lowest BCUT2D eigenvalue weighted by molar-refractivity contribution is 0.103. The molecule has 0 saturated carbocycles. The molecule has 20 heavy (non-hydrogen) atoms. The molecule has 3 rings (SSSR count). The van der Waals surface area contributed by atoms with E-state index in [9.17, 15) is 4.79 Å². The van der Waals surface area contributed by atoms with Crippen molar-refractivity contribution < 1.29 is 4.79 Å². The quantitative estimate of drug-likeness (QED) is 0.733. The van der Waals surface area contributed by atoms with E-state index in [0.29, 0.717) is 11.3 Å². The van der Waals surface area contributed by atoms with Gasteiger partial charge in [-0.3, -0.25) is 9.89 Å². The first-order chi connectivity index (χ1) is 9.77. The standard InChI is InChI=1S/C17H14N2O/c1-12-15(13-8-4-2-5-9-13)16(19-18-12)17(20)14-10-6-3-7-11-14/h2-11H,1H3,(H,18,19). The van der Waals surface area contributed by atoms with Gasteiger partial charge in [-0.2, -0.15) is 5.10 Å². The lowest BCUT2D eigenvalue weighted by atomic mass is 9.98. The lowest BCUT2D eigenvalue weighted by Crippen LogP contribution is -2.03. The molecule has 98 valence electrons. The van der Waals surface area contributed by atoms with Crippen LogP contribution < -0.4 is 0 Å². The summed E-state index contributed by atoms with van der Waals surface area (Å²) >= 11 is 0. The Morgan fingerprint density at radius 2 is 1.55 bits per heavy atom. The van der Waals surface area contributed by atoms with Crippen molar-refractivity contribution in [2.45, 2.75) is 6.92 Å². The molecule has 0 atom stereocenters. The summed E-state index contributed by atoms with van der Waals surface area (Å²) < 4.78 is 0. The van der Waals surface area contributed by atoms with Crippen LogP contribution in [0.15, 0.2) is 60.7 Å². The number of hydrogen-bond acceptors (Lipinski definition) is 2. The maximum absolute atomic E-state index is 12.6. The molecule has 3 nitrogen and oxygen atoms in total. The molecule has 0 radical (unpaired) electrons. The fourth-order valence-corrected chi connectivity index (χ4v) is 2.28. The summed E-state index contributed by atoms with van der Waals surface area (Å²) in [4.78, 5) is 12.6. The van der Waals surface area contributed by atoms with Gasteiger partial charge in [-0.05, 0) is 12.5 Å². The molecular formula is C17H14N2O. The van der Waals surface area contributed by atoms with Crippen LogP contribution in [0.3, 0.4) is 0 Å². The summed E-state index contributed by atoms with van der Waals surface area (Å²) in [7, 11) is 0. The molecule has 0 aliphatic carbocycles. The number of aryl methyl sites for hydroxylation is 1. The zero-order chi connectivity index (χ0) is 13.9. The summed E-state index contributed by atoms with van der Waals surface area (Å²) in [6.45, 7) is 1.93. The topological polar surface area (TPSA) is 45.8 Å². The van der Waals surface area contributed by atoms with Gasteiger partial charge in [0.25, 0.3) is 0 Å². The molecule has 1 aromatic heterocycles. The van der Waals surface area contributed by atoms with E-state index >= 15 is 0 Å². The molecule has 3 aromatic rings. The highest BCUT2D eigenvalue weighted by atomic mass is 16.1. The zero-order valence-corrected chi connectivity index (χ0v) is 11.1. The van der Waals surface area contributed by atoms with E-state index in [4.69, 9.17) is 0 Å². The first-order valence-corrected chi connectivity index (χ1v) is 6.47. The van der Waals surface area contributed by atoms with E-state index in [-0.39, 0.29) is 5.78 Å². The van der Waals surface area contributed by atoms with E-state index in [1.54, 1.807) is 12.1 Å². The Bertz CT molecular complexity index is 730. The molecule has 0 saturated heterocycles. The van der Waals surface area contributed by atoms with E-state index in [0.717, 1.165) is 16.8 Å². The molecule has 3 heteroatoms. The normalized spacial score (nSPS) is 10.4. The number of carbonyl (C=O) groups is 1. The molecule has 0 bridgehead atoms. The molecule has 0 unspecified atom stereocenters. The summed E-state index contributed by atoms with van der Waals surface area (Å²) in [5.41, 5.74) is 3.89. The third kappa shape index (κ3) is 2.14. The van der Waals surface area contributed by atoms with Crippen LogP contribution in [-0.2, 0) is 0 Å². The maximum atomic E-state index is 12.6. The third-order valence-corrected chi connectivity index (χ3v) is 3.26. The number of aromatic nitrogens is 2. The average Bonchev–Trinajstić information content (AvgIpc) is 2.90. The number of carbonyl (C=O) groups excluding carboxylic acids is 1. The van der Waals surface area contributed by atoms with Gasteiger partial charge in [-0.1, -0.05) is 60.7 Å². The highest BCUT2D eigenvalue weighted by Crippen LogP contribution is 2.27. The minimum Gasteiger partial charge on any atom is -0.287 e. The number of ketones is 1. The largest absolute Gasteiger partial charge is 0.287 e. The van der Waals surface area contributed by atoms with Crippen molar-refractivity contribution in [2.24, 2.45) is 0 Å². The second kappa shape index (κ2) is 5.13. The molecule has 0 aliphatic heterocycles. The number of nitrogens with zero attached hydrogens (tertiary/aromatic N) is 1. The second-order valence-electron chi connectivity index (χ2n) is 4.63. The van der Waals surface area contributed by atoms with Crippen molar-refractivity contribution in [3.63, 3.8) is 0 Å². The fourth-order valence-electron chi connectivity index (χ4n) is 2.28. The maximum Gasteiger partial charge on any atom is 0.213 e. The Morgan fingerprint density at radius 3 is 2.20 bits per heavy atom. The summed E-state index contributed by atoms with van der Waals surface area (Å²) in [6.07, 6.45) is 0. The van der Waals surface area contributed by atoms with Gasteiger partial charge in [0.1, 0.15) is 5.69 Å². The van der Waals surface area contributed by atoms with Crippen molar-refractivity contribution in [3.05, 3.63) is 77.6 Å². The highest BCUT2D eigenvalue weighted by Gasteiger charge is 2.19. The molecule has 0 amide bonds. The van der Waals surface area contributed by atoms with Crippen molar-refractivity contribution in [1.29, 1.82) is 0 Å². The average molecular weight is 262 g/mol. The lowest BCUT2D eigenvalue weighted by Gasteiger charge is -2.03. The van der Waals surface area contributed by atoms with Gasteiger partial charge < -0.3 is 0 Å². The SMILES string of the molecule is Cc1[nH]nc(C(=O)c2ccccc2)c1-c1ccccc1. The van der Waals surface area contributed by atoms with Gasteiger partial charge in [0.15, 0.2) is 0 Å². The monoisotopic (exact) mass is 262 g/mol. The van der Waals surface area contributed by atoms with Gasteiger partial charge >= 0.3 is 0 Å². The zero-order valence-electron chi connectivity index (χ0n) is 11.1. The van der Waals surface area contributed by atoms with Crippen molar-refractivity contribution >= 4 is 5.78 Å². The molecule has 0 aliphatic rings. The van der Waals surface area contributed by atoms with E-state index in [2.05, 4.69) is 10.2 Å². The molecule has 0 spiro atoms. The Morgan fingerprint density at radius 1 is 0.950 bits per heavy atom. The molecule has 0 fully saturated rings. The molecule has 1 heterocycles. The summed E-state index contributed by atoms with van der Waals surface area (Å²) in [5.74, 6) is -0.0613. The summed E-state index contributed by atoms with van der Waals surface area (Å²) in [5, 5.41) is 7.11. The minimum atomic E-state index is -0.0613. The van der Waals surface area contributed by atoms with Crippen LogP contribution >= 0.6 is 0 Å². The van der Waals surface area contributed by atoms with Gasteiger partial charge in [-0.25, -0.2) is 0 Å². The van der Waals surface area contributed by atoms with Crippen LogP contribution in [0.5, 0.6) is 0 Å². The number of hydrogen-bond donors (Lipinski definition) is 1. The van der Waals surface area contributed by atoms with E-state index < -0.39 is 0 Å². The van der Waals surface area contributed by atoms with E-state index in [1.807, 2.05) is 55.5 Å². The number of benzene rings is 2. The van der Waals surface area contributed by atoms with Crippen LogP contribution in [0.25, 0.3) is 11.1 Å². The Labute approximate surface area is 117 Å². The van der Waals surface area contributed by atoms with Crippen LogP contribution in [-0.4, -0.2) is 16.0 Å². The van der Waals surface area contributed by atoms with Crippen LogP contribution in [0.1, 0.15) is 21.7 Å². The Hall–Kier alpha value is -2.68. The van der Waals surface area contributed by atoms with E-state index in [1.165, 1.54) is 0 Å². The highest BCUT2D eigenvalue weighted by molar-refractivity contribution is 6.11. The van der Waals surface area contributed by atoms with Crippen LogP contribution in [0.2, 0.25) is 0 Å². The van der Waals surface area contributed by atoms with Gasteiger partial charge in [0.2, 0.25) is 5.78 Å².